The highest BCUT2D eigenvalue weighted by Crippen LogP contribution is 2.39. The number of aryl methyl sites for hydroxylation is 1. The summed E-state index contributed by atoms with van der Waals surface area (Å²) in [5.74, 6) is 0. The van der Waals surface area contributed by atoms with Crippen molar-refractivity contribution < 1.29 is 0 Å². The number of nitrogens with one attached hydrogen (secondary N) is 1. The van der Waals surface area contributed by atoms with E-state index in [1.54, 1.807) is 11.3 Å². The summed E-state index contributed by atoms with van der Waals surface area (Å²) in [4.78, 5) is 2.93. The van der Waals surface area contributed by atoms with Crippen LogP contribution in [0.5, 0.6) is 0 Å². The third-order valence-corrected chi connectivity index (χ3v) is 5.66. The molecule has 0 fully saturated rings. The molecule has 0 saturated heterocycles. The van der Waals surface area contributed by atoms with E-state index in [2.05, 4.69) is 35.8 Å². The standard InChI is InChI=1S/C14H16ClNS2/c1-9(7-10-3-2-6-17-10)16-12-4-5-13-11(12)8-14(15)18-13/h2-3,6,8-9,12,16H,4-5,7H2,1H3. The SMILES string of the molecule is CC(Cc1cccs1)NC1CCc2sc(Cl)cc21. The molecule has 0 radical (unpaired) electrons. The van der Waals surface area contributed by atoms with Gasteiger partial charge in [-0.1, -0.05) is 17.7 Å². The van der Waals surface area contributed by atoms with E-state index in [4.69, 9.17) is 11.6 Å². The molecule has 0 saturated carbocycles. The summed E-state index contributed by atoms with van der Waals surface area (Å²) < 4.78 is 0.928. The van der Waals surface area contributed by atoms with Crippen molar-refractivity contribution in [2.75, 3.05) is 0 Å². The van der Waals surface area contributed by atoms with Gasteiger partial charge in [-0.2, -0.15) is 0 Å². The average Bonchev–Trinajstić information content (AvgIpc) is 2.98. The molecule has 2 aromatic heterocycles. The number of hydrogen-bond donors (Lipinski definition) is 1. The minimum absolute atomic E-state index is 0.499. The van der Waals surface area contributed by atoms with Crippen LogP contribution in [0.4, 0.5) is 0 Å². The van der Waals surface area contributed by atoms with E-state index in [1.165, 1.54) is 28.2 Å². The van der Waals surface area contributed by atoms with E-state index in [-0.39, 0.29) is 0 Å². The van der Waals surface area contributed by atoms with Crippen molar-refractivity contribution in [2.24, 2.45) is 0 Å². The van der Waals surface area contributed by atoms with Gasteiger partial charge in [0, 0.05) is 21.8 Å². The number of rotatable bonds is 4. The second-order valence-electron chi connectivity index (χ2n) is 4.87. The first-order valence-corrected chi connectivity index (χ1v) is 8.36. The summed E-state index contributed by atoms with van der Waals surface area (Å²) >= 11 is 9.67. The third kappa shape index (κ3) is 2.64. The lowest BCUT2D eigenvalue weighted by Gasteiger charge is -2.19. The number of thiophene rings is 2. The van der Waals surface area contributed by atoms with Gasteiger partial charge < -0.3 is 5.32 Å². The first kappa shape index (κ1) is 12.7. The Morgan fingerprint density at radius 2 is 2.44 bits per heavy atom. The van der Waals surface area contributed by atoms with Crippen molar-refractivity contribution in [3.05, 3.63) is 43.2 Å². The van der Waals surface area contributed by atoms with Crippen molar-refractivity contribution in [1.82, 2.24) is 5.32 Å². The molecule has 18 heavy (non-hydrogen) atoms. The van der Waals surface area contributed by atoms with Crippen LogP contribution < -0.4 is 5.32 Å². The topological polar surface area (TPSA) is 12.0 Å². The van der Waals surface area contributed by atoms with E-state index in [1.807, 2.05) is 11.3 Å². The van der Waals surface area contributed by atoms with Gasteiger partial charge in [-0.3, -0.25) is 0 Å². The predicted molar refractivity (Wildman–Crippen MR) is 81.0 cm³/mol. The van der Waals surface area contributed by atoms with Gasteiger partial charge in [0.2, 0.25) is 0 Å². The van der Waals surface area contributed by atoms with Crippen LogP contribution >= 0.6 is 34.3 Å². The molecule has 1 nitrogen and oxygen atoms in total. The summed E-state index contributed by atoms with van der Waals surface area (Å²) in [6.45, 7) is 2.27. The summed E-state index contributed by atoms with van der Waals surface area (Å²) in [6.07, 6.45) is 3.50. The van der Waals surface area contributed by atoms with Crippen LogP contribution in [0.3, 0.4) is 0 Å². The first-order chi connectivity index (χ1) is 8.72. The van der Waals surface area contributed by atoms with E-state index < -0.39 is 0 Å². The van der Waals surface area contributed by atoms with Gasteiger partial charge in [-0.25, -0.2) is 0 Å². The Labute approximate surface area is 121 Å². The van der Waals surface area contributed by atoms with Crippen molar-refractivity contribution in [1.29, 1.82) is 0 Å². The average molecular weight is 298 g/mol. The lowest BCUT2D eigenvalue weighted by atomic mass is 10.1. The van der Waals surface area contributed by atoms with Crippen LogP contribution in [0.1, 0.15) is 34.7 Å². The second kappa shape index (κ2) is 5.33. The zero-order valence-electron chi connectivity index (χ0n) is 10.3. The van der Waals surface area contributed by atoms with Gasteiger partial charge in [0.15, 0.2) is 0 Å². The summed E-state index contributed by atoms with van der Waals surface area (Å²) in [5.41, 5.74) is 1.43. The summed E-state index contributed by atoms with van der Waals surface area (Å²) in [6, 6.07) is 7.49. The van der Waals surface area contributed by atoms with Gasteiger partial charge in [-0.15, -0.1) is 22.7 Å². The first-order valence-electron chi connectivity index (χ1n) is 6.29. The molecule has 2 atom stereocenters. The van der Waals surface area contributed by atoms with Crippen LogP contribution in [-0.4, -0.2) is 6.04 Å². The Morgan fingerprint density at radius 1 is 1.56 bits per heavy atom. The molecule has 4 heteroatoms. The maximum atomic E-state index is 6.09. The van der Waals surface area contributed by atoms with E-state index in [0.29, 0.717) is 12.1 Å². The Balaban J connectivity index is 1.63. The molecule has 0 aromatic carbocycles. The fourth-order valence-corrected chi connectivity index (χ4v) is 4.83. The highest BCUT2D eigenvalue weighted by Gasteiger charge is 2.25. The normalized spacial score (nSPS) is 20.0. The molecule has 1 aliphatic carbocycles. The second-order valence-corrected chi connectivity index (χ2v) is 7.67. The van der Waals surface area contributed by atoms with Gasteiger partial charge >= 0.3 is 0 Å². The smallest absolute Gasteiger partial charge is 0.0934 e. The highest BCUT2D eigenvalue weighted by molar-refractivity contribution is 7.16. The Bertz CT molecular complexity index is 518. The Morgan fingerprint density at radius 3 is 3.22 bits per heavy atom. The van der Waals surface area contributed by atoms with Gasteiger partial charge in [0.25, 0.3) is 0 Å². The molecule has 2 aromatic rings. The molecule has 2 heterocycles. The quantitative estimate of drug-likeness (QED) is 0.864. The largest absolute Gasteiger partial charge is 0.307 e. The molecule has 96 valence electrons. The molecule has 3 rings (SSSR count). The zero-order valence-corrected chi connectivity index (χ0v) is 12.7. The number of halogens is 1. The van der Waals surface area contributed by atoms with Crippen LogP contribution in [-0.2, 0) is 12.8 Å². The van der Waals surface area contributed by atoms with Gasteiger partial charge in [0.05, 0.1) is 4.34 Å². The lowest BCUT2D eigenvalue weighted by molar-refractivity contribution is 0.453. The maximum absolute atomic E-state index is 6.09. The van der Waals surface area contributed by atoms with Crippen LogP contribution in [0.15, 0.2) is 23.6 Å². The Kier molecular flexibility index (Phi) is 3.76. The van der Waals surface area contributed by atoms with Gasteiger partial charge in [-0.05, 0) is 49.3 Å². The van der Waals surface area contributed by atoms with E-state index >= 15 is 0 Å². The molecule has 0 bridgehead atoms. The summed E-state index contributed by atoms with van der Waals surface area (Å²) in [7, 11) is 0. The predicted octanol–water partition coefficient (Wildman–Crippen LogP) is 4.67. The number of hydrogen-bond acceptors (Lipinski definition) is 3. The van der Waals surface area contributed by atoms with Gasteiger partial charge in [0.1, 0.15) is 0 Å². The van der Waals surface area contributed by atoms with Crippen molar-refractivity contribution in [2.45, 2.75) is 38.3 Å². The zero-order chi connectivity index (χ0) is 12.5. The molecular weight excluding hydrogens is 282 g/mol. The minimum Gasteiger partial charge on any atom is -0.307 e. The molecule has 1 N–H and O–H groups in total. The lowest BCUT2D eigenvalue weighted by Crippen LogP contribution is -2.30. The summed E-state index contributed by atoms with van der Waals surface area (Å²) in [5, 5.41) is 5.89. The van der Waals surface area contributed by atoms with Crippen LogP contribution in [0, 0.1) is 0 Å². The fraction of sp³-hybridized carbons (Fsp3) is 0.429. The molecule has 2 unspecified atom stereocenters. The van der Waals surface area contributed by atoms with Crippen LogP contribution in [0.2, 0.25) is 4.34 Å². The Hall–Kier alpha value is -0.350. The molecular formula is C14H16ClNS2. The minimum atomic E-state index is 0.499. The number of fused-ring (bicyclic) bond motifs is 1. The monoisotopic (exact) mass is 297 g/mol. The third-order valence-electron chi connectivity index (χ3n) is 3.42. The highest BCUT2D eigenvalue weighted by atomic mass is 35.5. The van der Waals surface area contributed by atoms with E-state index in [0.717, 1.165) is 10.8 Å². The van der Waals surface area contributed by atoms with Crippen molar-refractivity contribution in [3.8, 4) is 0 Å². The molecule has 0 amide bonds. The molecule has 0 spiro atoms. The van der Waals surface area contributed by atoms with E-state index in [9.17, 15) is 0 Å². The van der Waals surface area contributed by atoms with Crippen LogP contribution in [0.25, 0.3) is 0 Å². The fourth-order valence-electron chi connectivity index (χ4n) is 2.64. The van der Waals surface area contributed by atoms with Crippen molar-refractivity contribution in [3.63, 3.8) is 0 Å². The maximum Gasteiger partial charge on any atom is 0.0934 e. The molecule has 1 aliphatic rings. The molecule has 0 aliphatic heterocycles. The van der Waals surface area contributed by atoms with Crippen molar-refractivity contribution >= 4 is 34.3 Å².